The monoisotopic (exact) mass is 373 g/mol. The molecule has 2 atom stereocenters. The Hall–Kier alpha value is -1.41. The molecule has 0 aromatic rings. The Kier molecular flexibility index (Phi) is 8.80. The summed E-state index contributed by atoms with van der Waals surface area (Å²) < 4.78 is 6.04. The van der Waals surface area contributed by atoms with Crippen molar-refractivity contribution in [3.8, 4) is 0 Å². The van der Waals surface area contributed by atoms with Gasteiger partial charge in [0.2, 0.25) is 17.7 Å². The SMILES string of the molecule is CC(=O)N[C@@H](C(=O)N[C@H](CCO[Si](C)(C)C(C)(C)C)C(N)=O)C(C)C. The van der Waals surface area contributed by atoms with Crippen LogP contribution in [0, 0.1) is 5.92 Å². The summed E-state index contributed by atoms with van der Waals surface area (Å²) in [5.41, 5.74) is 5.41. The van der Waals surface area contributed by atoms with E-state index in [4.69, 9.17) is 10.2 Å². The lowest BCUT2D eigenvalue weighted by Gasteiger charge is -2.36. The molecule has 0 aliphatic heterocycles. The first kappa shape index (κ1) is 23.6. The summed E-state index contributed by atoms with van der Waals surface area (Å²) in [4.78, 5) is 35.3. The zero-order valence-electron chi connectivity index (χ0n) is 16.9. The predicted molar refractivity (Wildman–Crippen MR) is 101 cm³/mol. The molecule has 0 saturated heterocycles. The first-order valence-electron chi connectivity index (χ1n) is 8.69. The first-order valence-corrected chi connectivity index (χ1v) is 11.6. The number of hydrogen-bond donors (Lipinski definition) is 3. The maximum atomic E-state index is 12.4. The van der Waals surface area contributed by atoms with Crippen molar-refractivity contribution in [1.82, 2.24) is 10.6 Å². The molecule has 0 fully saturated rings. The molecule has 7 nitrogen and oxygen atoms in total. The number of primary amides is 1. The van der Waals surface area contributed by atoms with Gasteiger partial charge < -0.3 is 20.8 Å². The van der Waals surface area contributed by atoms with Crippen LogP contribution in [-0.4, -0.2) is 44.7 Å². The highest BCUT2D eigenvalue weighted by molar-refractivity contribution is 6.74. The van der Waals surface area contributed by atoms with E-state index in [-0.39, 0.29) is 16.9 Å². The number of hydrogen-bond acceptors (Lipinski definition) is 4. The molecule has 0 aromatic heterocycles. The maximum absolute atomic E-state index is 12.4. The first-order chi connectivity index (χ1) is 11.2. The Morgan fingerprint density at radius 1 is 1.12 bits per heavy atom. The molecule has 0 rings (SSSR count). The highest BCUT2D eigenvalue weighted by Gasteiger charge is 2.37. The highest BCUT2D eigenvalue weighted by atomic mass is 28.4. The summed E-state index contributed by atoms with van der Waals surface area (Å²) in [6.07, 6.45) is 0.304. The highest BCUT2D eigenvalue weighted by Crippen LogP contribution is 2.36. The summed E-state index contributed by atoms with van der Waals surface area (Å²) in [5.74, 6) is -1.44. The number of amides is 3. The van der Waals surface area contributed by atoms with E-state index in [9.17, 15) is 14.4 Å². The van der Waals surface area contributed by atoms with Gasteiger partial charge in [-0.05, 0) is 30.5 Å². The number of carbonyl (C=O) groups is 3. The lowest BCUT2D eigenvalue weighted by Crippen LogP contribution is -2.55. The summed E-state index contributed by atoms with van der Waals surface area (Å²) in [7, 11) is -1.93. The van der Waals surface area contributed by atoms with E-state index in [0.29, 0.717) is 13.0 Å². The van der Waals surface area contributed by atoms with Gasteiger partial charge in [-0.2, -0.15) is 0 Å². The molecule has 0 aliphatic carbocycles. The van der Waals surface area contributed by atoms with Gasteiger partial charge in [0.1, 0.15) is 12.1 Å². The van der Waals surface area contributed by atoms with Gasteiger partial charge in [0.15, 0.2) is 8.32 Å². The third-order valence-electron chi connectivity index (χ3n) is 4.64. The van der Waals surface area contributed by atoms with Gasteiger partial charge >= 0.3 is 0 Å². The van der Waals surface area contributed by atoms with Crippen LogP contribution in [0.25, 0.3) is 0 Å². The van der Waals surface area contributed by atoms with Crippen molar-refractivity contribution in [2.45, 2.75) is 78.2 Å². The second kappa shape index (κ2) is 9.33. The van der Waals surface area contributed by atoms with E-state index in [1.807, 2.05) is 13.8 Å². The fraction of sp³-hybridized carbons (Fsp3) is 0.824. The van der Waals surface area contributed by atoms with Crippen LogP contribution in [-0.2, 0) is 18.8 Å². The minimum atomic E-state index is -1.93. The van der Waals surface area contributed by atoms with Crippen molar-refractivity contribution in [1.29, 1.82) is 0 Å². The molecular weight excluding hydrogens is 338 g/mol. The quantitative estimate of drug-likeness (QED) is 0.532. The summed E-state index contributed by atoms with van der Waals surface area (Å²) in [6.45, 7) is 16.0. The van der Waals surface area contributed by atoms with Gasteiger partial charge in [-0.25, -0.2) is 0 Å². The van der Waals surface area contributed by atoms with E-state index in [1.165, 1.54) is 6.92 Å². The van der Waals surface area contributed by atoms with Crippen molar-refractivity contribution >= 4 is 26.0 Å². The number of carbonyl (C=O) groups excluding carboxylic acids is 3. The largest absolute Gasteiger partial charge is 0.417 e. The molecule has 0 radical (unpaired) electrons. The topological polar surface area (TPSA) is 111 Å². The molecule has 3 amide bonds. The smallest absolute Gasteiger partial charge is 0.243 e. The summed E-state index contributed by atoms with van der Waals surface area (Å²) >= 11 is 0. The lowest BCUT2D eigenvalue weighted by atomic mass is 10.0. The van der Waals surface area contributed by atoms with Crippen LogP contribution in [0.2, 0.25) is 18.1 Å². The Labute approximate surface area is 152 Å². The van der Waals surface area contributed by atoms with Crippen LogP contribution < -0.4 is 16.4 Å². The minimum absolute atomic E-state index is 0.0621. The van der Waals surface area contributed by atoms with Gasteiger partial charge in [0.05, 0.1) is 0 Å². The summed E-state index contributed by atoms with van der Waals surface area (Å²) in [5, 5.41) is 5.29. The van der Waals surface area contributed by atoms with Gasteiger partial charge in [-0.15, -0.1) is 0 Å². The fourth-order valence-corrected chi connectivity index (χ4v) is 3.01. The average Bonchev–Trinajstić information content (AvgIpc) is 2.41. The Morgan fingerprint density at radius 3 is 2.00 bits per heavy atom. The maximum Gasteiger partial charge on any atom is 0.243 e. The lowest BCUT2D eigenvalue weighted by molar-refractivity contribution is -0.132. The normalized spacial score (nSPS) is 14.8. The van der Waals surface area contributed by atoms with Crippen LogP contribution in [0.3, 0.4) is 0 Å². The molecule has 8 heteroatoms. The third-order valence-corrected chi connectivity index (χ3v) is 9.18. The molecule has 0 saturated carbocycles. The molecule has 0 spiro atoms. The molecule has 0 aromatic carbocycles. The standard InChI is InChI=1S/C17H35N3O4Si/c1-11(2)14(19-12(3)21)16(23)20-13(15(18)22)9-10-24-25(7,8)17(4,5)6/h11,13-14H,9-10H2,1-8H3,(H2,18,22)(H,19,21)(H,20,23)/t13-,14-/m1/s1. The predicted octanol–water partition coefficient (Wildman–Crippen LogP) is 1.53. The molecule has 0 bridgehead atoms. The van der Waals surface area contributed by atoms with Gasteiger partial charge in [-0.3, -0.25) is 14.4 Å². The average molecular weight is 374 g/mol. The van der Waals surface area contributed by atoms with Gasteiger partial charge in [0.25, 0.3) is 0 Å². The van der Waals surface area contributed by atoms with Crippen LogP contribution in [0.5, 0.6) is 0 Å². The van der Waals surface area contributed by atoms with Gasteiger partial charge in [0, 0.05) is 13.5 Å². The molecule has 4 N–H and O–H groups in total. The van der Waals surface area contributed by atoms with E-state index < -0.39 is 32.2 Å². The Morgan fingerprint density at radius 2 is 1.64 bits per heavy atom. The third kappa shape index (κ3) is 8.00. The van der Waals surface area contributed by atoms with Crippen molar-refractivity contribution in [2.24, 2.45) is 11.7 Å². The zero-order valence-corrected chi connectivity index (χ0v) is 17.9. The molecule has 0 heterocycles. The number of nitrogens with one attached hydrogen (secondary N) is 2. The zero-order chi connectivity index (χ0) is 20.0. The molecule has 0 aliphatic rings. The van der Waals surface area contributed by atoms with Crippen LogP contribution in [0.4, 0.5) is 0 Å². The van der Waals surface area contributed by atoms with Crippen molar-refractivity contribution in [2.75, 3.05) is 6.61 Å². The van der Waals surface area contributed by atoms with E-state index in [1.54, 1.807) is 0 Å². The van der Waals surface area contributed by atoms with E-state index in [0.717, 1.165) is 0 Å². The van der Waals surface area contributed by atoms with Crippen LogP contribution in [0.1, 0.15) is 48.0 Å². The van der Waals surface area contributed by atoms with E-state index >= 15 is 0 Å². The molecule has 0 unspecified atom stereocenters. The molecule has 146 valence electrons. The van der Waals surface area contributed by atoms with Crippen molar-refractivity contribution in [3.63, 3.8) is 0 Å². The van der Waals surface area contributed by atoms with Gasteiger partial charge in [-0.1, -0.05) is 34.6 Å². The molecule has 25 heavy (non-hydrogen) atoms. The van der Waals surface area contributed by atoms with Crippen molar-refractivity contribution < 1.29 is 18.8 Å². The fourth-order valence-electron chi connectivity index (χ4n) is 1.95. The number of rotatable bonds is 9. The minimum Gasteiger partial charge on any atom is -0.417 e. The Balaban J connectivity index is 4.83. The summed E-state index contributed by atoms with van der Waals surface area (Å²) in [6, 6.07) is -1.53. The van der Waals surface area contributed by atoms with Crippen molar-refractivity contribution in [3.05, 3.63) is 0 Å². The second-order valence-corrected chi connectivity index (χ2v) is 13.1. The Bertz CT molecular complexity index is 487. The van der Waals surface area contributed by atoms with E-state index in [2.05, 4.69) is 44.5 Å². The number of nitrogens with two attached hydrogens (primary N) is 1. The molecular formula is C17H35N3O4Si. The van der Waals surface area contributed by atoms with Crippen LogP contribution >= 0.6 is 0 Å². The van der Waals surface area contributed by atoms with Crippen LogP contribution in [0.15, 0.2) is 0 Å². The second-order valence-electron chi connectivity index (χ2n) is 8.28.